The Morgan fingerprint density at radius 2 is 1.71 bits per heavy atom. The highest BCUT2D eigenvalue weighted by atomic mass is 16.5. The molecule has 0 aliphatic heterocycles. The molecule has 0 heterocycles. The molecule has 0 aliphatic rings. The molecule has 0 aliphatic carbocycles. The lowest BCUT2D eigenvalue weighted by Gasteiger charge is -2.28. The van der Waals surface area contributed by atoms with Crippen LogP contribution >= 0.6 is 0 Å². The van der Waals surface area contributed by atoms with E-state index in [1.54, 1.807) is 7.05 Å². The molecular weight excluding hydrogens is 210 g/mol. The van der Waals surface area contributed by atoms with Crippen molar-refractivity contribution in [2.24, 2.45) is 0 Å². The molecule has 2 heteroatoms. The first kappa shape index (κ1) is 14.2. The second-order valence-corrected chi connectivity index (χ2v) is 4.78. The van der Waals surface area contributed by atoms with E-state index < -0.39 is 0 Å². The van der Waals surface area contributed by atoms with Crippen LogP contribution in [0, 0.1) is 5.21 Å². The van der Waals surface area contributed by atoms with Crippen LogP contribution in [0.4, 0.5) is 0 Å². The molecule has 1 aromatic rings. The Morgan fingerprint density at radius 3 is 2.29 bits per heavy atom. The maximum absolute atomic E-state index is 11.7. The second-order valence-electron chi connectivity index (χ2n) is 4.78. The fraction of sp³-hybridized carbons (Fsp3) is 0.600. The van der Waals surface area contributed by atoms with Gasteiger partial charge in [0.15, 0.2) is 0 Å². The molecule has 1 N–H and O–H groups in total. The molecule has 17 heavy (non-hydrogen) atoms. The molecule has 0 saturated heterocycles. The number of hydrogen-bond donors (Lipinski definition) is 1. The third kappa shape index (κ3) is 5.33. The summed E-state index contributed by atoms with van der Waals surface area (Å²) in [5, 5.41) is 12.0. The Hall–Kier alpha value is -0.860. The lowest BCUT2D eigenvalue weighted by atomic mass is 10.00. The molecule has 0 radical (unpaired) electrons. The smallest absolute Gasteiger partial charge is 0.113 e. The number of unbranched alkanes of at least 4 members (excludes halogenated alkanes) is 4. The first-order valence-corrected chi connectivity index (χ1v) is 6.81. The van der Waals surface area contributed by atoms with Gasteiger partial charge >= 0.3 is 0 Å². The molecule has 2 atom stereocenters. The Bertz CT molecular complexity index is 284. The highest BCUT2D eigenvalue weighted by molar-refractivity contribution is 5.17. The van der Waals surface area contributed by atoms with Crippen LogP contribution in [-0.2, 0) is 0 Å². The predicted octanol–water partition coefficient (Wildman–Crippen LogP) is 3.10. The molecule has 1 aromatic carbocycles. The van der Waals surface area contributed by atoms with Gasteiger partial charge in [0, 0.05) is 12.0 Å². The SMILES string of the molecule is CCCCCCCC(c1ccccc1)[NH+](C)[O-]. The normalized spacial score (nSPS) is 14.5. The van der Waals surface area contributed by atoms with Crippen molar-refractivity contribution in [2.75, 3.05) is 7.05 Å². The molecule has 2 unspecified atom stereocenters. The maximum Gasteiger partial charge on any atom is 0.113 e. The fourth-order valence-corrected chi connectivity index (χ4v) is 2.24. The number of nitrogens with one attached hydrogen (secondary N) is 1. The quantitative estimate of drug-likeness (QED) is 0.544. The van der Waals surface area contributed by atoms with E-state index in [1.807, 2.05) is 18.2 Å². The molecule has 1 rings (SSSR count). The molecule has 2 nitrogen and oxygen atoms in total. The Morgan fingerprint density at radius 1 is 1.06 bits per heavy atom. The topological polar surface area (TPSA) is 27.5 Å². The van der Waals surface area contributed by atoms with Gasteiger partial charge in [-0.05, 0) is 6.42 Å². The van der Waals surface area contributed by atoms with E-state index in [4.69, 9.17) is 0 Å². The minimum atomic E-state index is 0.109. The van der Waals surface area contributed by atoms with Gasteiger partial charge in [-0.25, -0.2) is 0 Å². The monoisotopic (exact) mass is 235 g/mol. The zero-order valence-corrected chi connectivity index (χ0v) is 11.1. The van der Waals surface area contributed by atoms with Crippen molar-refractivity contribution in [3.8, 4) is 0 Å². The van der Waals surface area contributed by atoms with E-state index in [-0.39, 0.29) is 6.04 Å². The Labute approximate surface area is 105 Å². The second kappa shape index (κ2) is 8.26. The van der Waals surface area contributed by atoms with Crippen LogP contribution in [0.3, 0.4) is 0 Å². The lowest BCUT2D eigenvalue weighted by molar-refractivity contribution is -0.861. The van der Waals surface area contributed by atoms with E-state index >= 15 is 0 Å². The van der Waals surface area contributed by atoms with Crippen LogP contribution in [-0.4, -0.2) is 7.05 Å². The van der Waals surface area contributed by atoms with E-state index in [0.717, 1.165) is 6.42 Å². The van der Waals surface area contributed by atoms with Gasteiger partial charge in [-0.1, -0.05) is 62.9 Å². The van der Waals surface area contributed by atoms with Gasteiger partial charge in [-0.15, -0.1) is 0 Å². The van der Waals surface area contributed by atoms with Crippen molar-refractivity contribution in [2.45, 2.75) is 51.5 Å². The molecular formula is C15H25NO. The standard InChI is InChI=1S/C15H25NO/c1-3-4-5-6-10-13-15(16(2)17)14-11-8-7-9-12-14/h7-9,11-12,15-16H,3-6,10,13H2,1-2H3. The molecule has 0 saturated carbocycles. The summed E-state index contributed by atoms with van der Waals surface area (Å²) in [6.45, 7) is 2.22. The molecule has 0 fully saturated rings. The van der Waals surface area contributed by atoms with Crippen LogP contribution in [0.25, 0.3) is 0 Å². The van der Waals surface area contributed by atoms with Crippen molar-refractivity contribution in [1.82, 2.24) is 0 Å². The van der Waals surface area contributed by atoms with E-state index in [0.29, 0.717) is 5.06 Å². The van der Waals surface area contributed by atoms with E-state index in [9.17, 15) is 5.21 Å². The van der Waals surface area contributed by atoms with Gasteiger partial charge in [0.05, 0.1) is 7.05 Å². The summed E-state index contributed by atoms with van der Waals surface area (Å²) < 4.78 is 0. The van der Waals surface area contributed by atoms with Gasteiger partial charge in [0.2, 0.25) is 0 Å². The molecule has 96 valence electrons. The van der Waals surface area contributed by atoms with Crippen molar-refractivity contribution in [1.29, 1.82) is 0 Å². The zero-order valence-electron chi connectivity index (χ0n) is 11.1. The lowest BCUT2D eigenvalue weighted by Crippen LogP contribution is -3.04. The molecule has 0 spiro atoms. The largest absolute Gasteiger partial charge is 0.634 e. The van der Waals surface area contributed by atoms with Gasteiger partial charge in [-0.3, -0.25) is 0 Å². The fourth-order valence-electron chi connectivity index (χ4n) is 2.24. The number of benzene rings is 1. The first-order chi connectivity index (χ1) is 8.25. The van der Waals surface area contributed by atoms with Crippen LogP contribution in [0.2, 0.25) is 0 Å². The van der Waals surface area contributed by atoms with E-state index in [2.05, 4.69) is 19.1 Å². The first-order valence-electron chi connectivity index (χ1n) is 6.81. The minimum absolute atomic E-state index is 0.109. The third-order valence-electron chi connectivity index (χ3n) is 3.29. The summed E-state index contributed by atoms with van der Waals surface area (Å²) in [6.07, 6.45) is 7.31. The number of rotatable bonds is 8. The molecule has 0 aromatic heterocycles. The van der Waals surface area contributed by atoms with Gasteiger partial charge in [0.1, 0.15) is 6.04 Å². The Balaban J connectivity index is 2.40. The highest BCUT2D eigenvalue weighted by Crippen LogP contribution is 2.17. The summed E-state index contributed by atoms with van der Waals surface area (Å²) in [4.78, 5) is 0. The maximum atomic E-state index is 11.7. The minimum Gasteiger partial charge on any atom is -0.634 e. The van der Waals surface area contributed by atoms with Crippen molar-refractivity contribution < 1.29 is 5.06 Å². The van der Waals surface area contributed by atoms with Gasteiger partial charge in [0.25, 0.3) is 0 Å². The van der Waals surface area contributed by atoms with Gasteiger partial charge in [-0.2, -0.15) is 0 Å². The number of hydrogen-bond acceptors (Lipinski definition) is 1. The summed E-state index contributed by atoms with van der Waals surface area (Å²) in [5.41, 5.74) is 1.18. The van der Waals surface area contributed by atoms with Crippen LogP contribution in [0.5, 0.6) is 0 Å². The highest BCUT2D eigenvalue weighted by Gasteiger charge is 2.14. The summed E-state index contributed by atoms with van der Waals surface area (Å²) >= 11 is 0. The van der Waals surface area contributed by atoms with Crippen molar-refractivity contribution >= 4 is 0 Å². The van der Waals surface area contributed by atoms with Crippen LogP contribution in [0.1, 0.15) is 57.1 Å². The predicted molar refractivity (Wildman–Crippen MR) is 72.8 cm³/mol. The van der Waals surface area contributed by atoms with E-state index in [1.165, 1.54) is 37.7 Å². The average Bonchev–Trinajstić information content (AvgIpc) is 2.34. The molecule has 0 amide bonds. The zero-order chi connectivity index (χ0) is 12.5. The van der Waals surface area contributed by atoms with Crippen LogP contribution < -0.4 is 5.06 Å². The third-order valence-corrected chi connectivity index (χ3v) is 3.29. The average molecular weight is 235 g/mol. The summed E-state index contributed by atoms with van der Waals surface area (Å²) in [7, 11) is 1.71. The van der Waals surface area contributed by atoms with Crippen LogP contribution in [0.15, 0.2) is 30.3 Å². The number of quaternary nitrogens is 1. The van der Waals surface area contributed by atoms with Crippen molar-refractivity contribution in [3.63, 3.8) is 0 Å². The summed E-state index contributed by atoms with van der Waals surface area (Å²) in [5.74, 6) is 0. The number of hydroxylamine groups is 2. The summed E-state index contributed by atoms with van der Waals surface area (Å²) in [6, 6.07) is 10.3. The van der Waals surface area contributed by atoms with Gasteiger partial charge < -0.3 is 10.3 Å². The molecule has 0 bridgehead atoms. The van der Waals surface area contributed by atoms with Crippen molar-refractivity contribution in [3.05, 3.63) is 41.1 Å². The Kier molecular flexibility index (Phi) is 6.90.